The van der Waals surface area contributed by atoms with Crippen molar-refractivity contribution < 1.29 is 9.53 Å². The van der Waals surface area contributed by atoms with Gasteiger partial charge in [0.2, 0.25) is 5.91 Å². The molecule has 0 radical (unpaired) electrons. The van der Waals surface area contributed by atoms with E-state index in [9.17, 15) is 9.59 Å². The minimum Gasteiger partial charge on any atom is -0.497 e. The van der Waals surface area contributed by atoms with Crippen molar-refractivity contribution in [1.82, 2.24) is 10.2 Å². The van der Waals surface area contributed by atoms with E-state index >= 15 is 0 Å². The zero-order chi connectivity index (χ0) is 19.5. The van der Waals surface area contributed by atoms with E-state index in [2.05, 4.69) is 20.5 Å². The minimum atomic E-state index is -0.280. The summed E-state index contributed by atoms with van der Waals surface area (Å²) in [5.74, 6) is 0.473. The highest BCUT2D eigenvalue weighted by Gasteiger charge is 2.16. The minimum absolute atomic E-state index is 0.0304. The summed E-state index contributed by atoms with van der Waals surface area (Å²) in [6, 6.07) is 14.7. The van der Waals surface area contributed by atoms with Crippen LogP contribution in [0.25, 0.3) is 11.6 Å². The lowest BCUT2D eigenvalue weighted by atomic mass is 10.0. The number of carbonyl (C=O) groups excluding carboxylic acids is 1. The average Bonchev–Trinajstić information content (AvgIpc) is 3.27. The van der Waals surface area contributed by atoms with Gasteiger partial charge in [-0.15, -0.1) is 0 Å². The Morgan fingerprint density at radius 3 is 2.71 bits per heavy atom. The number of para-hydroxylation sites is 1. The molecule has 7 nitrogen and oxygen atoms in total. The molecule has 4 rings (SSSR count). The molecule has 2 heterocycles. The molecule has 0 aliphatic carbocycles. The number of allylic oxidation sites excluding steroid dienone is 1. The van der Waals surface area contributed by atoms with Gasteiger partial charge in [-0.2, -0.15) is 0 Å². The number of H-pyrrole nitrogens is 2. The van der Waals surface area contributed by atoms with Crippen LogP contribution in [0.3, 0.4) is 0 Å². The number of aromatic amines is 2. The van der Waals surface area contributed by atoms with Crippen LogP contribution in [-0.2, 0) is 11.2 Å². The number of nitrogens with zero attached hydrogens (tertiary/aromatic N) is 1. The Morgan fingerprint density at radius 1 is 1.14 bits per heavy atom. The van der Waals surface area contributed by atoms with Gasteiger partial charge >= 0.3 is 0 Å². The van der Waals surface area contributed by atoms with Gasteiger partial charge in [0, 0.05) is 23.0 Å². The maximum absolute atomic E-state index is 12.4. The number of nitrogens with one attached hydrogen (secondary N) is 3. The van der Waals surface area contributed by atoms with Crippen LogP contribution in [-0.4, -0.2) is 29.4 Å². The SMILES string of the molecule is COc1ccc(NC(=O)Cc2[nH][nH]c(=O)c2C=C2C=Nc3ccccc32)cc1. The summed E-state index contributed by atoms with van der Waals surface area (Å²) in [6.45, 7) is 0. The van der Waals surface area contributed by atoms with E-state index in [-0.39, 0.29) is 17.9 Å². The summed E-state index contributed by atoms with van der Waals surface area (Å²) in [5, 5.41) is 8.16. The maximum atomic E-state index is 12.4. The molecule has 28 heavy (non-hydrogen) atoms. The standard InChI is InChI=1S/C21H18N4O3/c1-28-15-8-6-14(7-9-15)23-20(26)11-19-17(21(27)25-24-19)10-13-12-22-18-5-3-2-4-16(13)18/h2-10,12H,11H2,1H3,(H,23,26)(H2,24,25,27). The van der Waals surface area contributed by atoms with Crippen LogP contribution in [0.5, 0.6) is 5.75 Å². The number of ether oxygens (including phenoxy) is 1. The molecule has 0 saturated heterocycles. The molecule has 3 N–H and O–H groups in total. The molecule has 0 spiro atoms. The molecule has 1 amide bonds. The molecule has 3 aromatic rings. The number of carbonyl (C=O) groups is 1. The number of aliphatic imine (C=N–C) groups is 1. The first-order valence-corrected chi connectivity index (χ1v) is 8.72. The zero-order valence-electron chi connectivity index (χ0n) is 15.2. The average molecular weight is 374 g/mol. The van der Waals surface area contributed by atoms with Crippen molar-refractivity contribution in [2.75, 3.05) is 12.4 Å². The molecule has 140 valence electrons. The number of hydrogen-bond acceptors (Lipinski definition) is 4. The van der Waals surface area contributed by atoms with Gasteiger partial charge in [0.25, 0.3) is 5.56 Å². The fourth-order valence-corrected chi connectivity index (χ4v) is 3.05. The van der Waals surface area contributed by atoms with Crippen LogP contribution < -0.4 is 15.6 Å². The quantitative estimate of drug-likeness (QED) is 0.640. The zero-order valence-corrected chi connectivity index (χ0v) is 15.2. The third-order valence-electron chi connectivity index (χ3n) is 4.47. The molecule has 0 unspecified atom stereocenters. The number of anilines is 1. The number of rotatable bonds is 5. The van der Waals surface area contributed by atoms with Crippen molar-refractivity contribution in [2.45, 2.75) is 6.42 Å². The van der Waals surface area contributed by atoms with Crippen molar-refractivity contribution in [3.8, 4) is 5.75 Å². The van der Waals surface area contributed by atoms with Crippen molar-refractivity contribution in [2.24, 2.45) is 4.99 Å². The fourth-order valence-electron chi connectivity index (χ4n) is 3.05. The number of hydrogen-bond donors (Lipinski definition) is 3. The maximum Gasteiger partial charge on any atom is 0.271 e. The second-order valence-electron chi connectivity index (χ2n) is 6.30. The van der Waals surface area contributed by atoms with E-state index in [1.165, 1.54) is 0 Å². The van der Waals surface area contributed by atoms with Crippen LogP contribution in [0.4, 0.5) is 11.4 Å². The second-order valence-corrected chi connectivity index (χ2v) is 6.30. The molecule has 0 saturated carbocycles. The van der Waals surface area contributed by atoms with E-state index in [1.807, 2.05) is 24.3 Å². The lowest BCUT2D eigenvalue weighted by Gasteiger charge is -2.06. The van der Waals surface area contributed by atoms with Crippen molar-refractivity contribution in [1.29, 1.82) is 0 Å². The first-order valence-electron chi connectivity index (χ1n) is 8.72. The Kier molecular flexibility index (Phi) is 4.63. The molecule has 7 heteroatoms. The molecule has 0 bridgehead atoms. The third-order valence-corrected chi connectivity index (χ3v) is 4.47. The monoisotopic (exact) mass is 374 g/mol. The van der Waals surface area contributed by atoms with Gasteiger partial charge in [-0.1, -0.05) is 18.2 Å². The topological polar surface area (TPSA) is 99.3 Å². The Balaban J connectivity index is 1.54. The summed E-state index contributed by atoms with van der Waals surface area (Å²) < 4.78 is 5.10. The van der Waals surface area contributed by atoms with Crippen LogP contribution in [0.1, 0.15) is 16.8 Å². The number of benzene rings is 2. The molecular weight excluding hydrogens is 356 g/mol. The lowest BCUT2D eigenvalue weighted by Crippen LogP contribution is -2.15. The first kappa shape index (κ1) is 17.5. The van der Waals surface area contributed by atoms with E-state index in [1.54, 1.807) is 43.7 Å². The Bertz CT molecular complexity index is 1140. The number of fused-ring (bicyclic) bond motifs is 1. The van der Waals surface area contributed by atoms with Gasteiger partial charge in [0.1, 0.15) is 5.75 Å². The van der Waals surface area contributed by atoms with Crippen molar-refractivity contribution >= 4 is 35.1 Å². The molecular formula is C21H18N4O3. The molecule has 0 atom stereocenters. The van der Waals surface area contributed by atoms with E-state index in [0.717, 1.165) is 16.8 Å². The van der Waals surface area contributed by atoms with Crippen molar-refractivity contribution in [3.05, 3.63) is 75.7 Å². The normalized spacial score (nSPS) is 13.5. The predicted octanol–water partition coefficient (Wildman–Crippen LogP) is 3.15. The Labute approximate surface area is 160 Å². The van der Waals surface area contributed by atoms with Gasteiger partial charge in [-0.25, -0.2) is 0 Å². The third kappa shape index (κ3) is 3.50. The summed E-state index contributed by atoms with van der Waals surface area (Å²) in [6.07, 6.45) is 3.50. The summed E-state index contributed by atoms with van der Waals surface area (Å²) in [7, 11) is 1.58. The largest absolute Gasteiger partial charge is 0.497 e. The van der Waals surface area contributed by atoms with Gasteiger partial charge in [-0.3, -0.25) is 19.7 Å². The van der Waals surface area contributed by atoms with Gasteiger partial charge in [-0.05, 0) is 36.4 Å². The summed E-state index contributed by atoms with van der Waals surface area (Å²) in [4.78, 5) is 29.0. The van der Waals surface area contributed by atoms with E-state index in [4.69, 9.17) is 4.74 Å². The Hall–Kier alpha value is -3.87. The molecule has 1 aliphatic rings. The molecule has 2 aromatic carbocycles. The van der Waals surface area contributed by atoms with Gasteiger partial charge in [0.05, 0.1) is 30.5 Å². The predicted molar refractivity (Wildman–Crippen MR) is 109 cm³/mol. The lowest BCUT2D eigenvalue weighted by molar-refractivity contribution is -0.115. The van der Waals surface area contributed by atoms with Crippen LogP contribution in [0.15, 0.2) is 58.3 Å². The van der Waals surface area contributed by atoms with Crippen LogP contribution >= 0.6 is 0 Å². The molecule has 0 fully saturated rings. The van der Waals surface area contributed by atoms with Crippen LogP contribution in [0, 0.1) is 0 Å². The fraction of sp³-hybridized carbons (Fsp3) is 0.0952. The summed E-state index contributed by atoms with van der Waals surface area (Å²) >= 11 is 0. The van der Waals surface area contributed by atoms with Gasteiger partial charge < -0.3 is 15.2 Å². The van der Waals surface area contributed by atoms with Crippen molar-refractivity contribution in [3.63, 3.8) is 0 Å². The van der Waals surface area contributed by atoms with Crippen LogP contribution in [0.2, 0.25) is 0 Å². The highest BCUT2D eigenvalue weighted by molar-refractivity contribution is 6.21. The van der Waals surface area contributed by atoms with E-state index in [0.29, 0.717) is 22.7 Å². The molecule has 1 aromatic heterocycles. The highest BCUT2D eigenvalue weighted by atomic mass is 16.5. The summed E-state index contributed by atoms with van der Waals surface area (Å²) in [5.41, 5.74) is 3.95. The van der Waals surface area contributed by atoms with Gasteiger partial charge in [0.15, 0.2) is 0 Å². The number of methoxy groups -OCH3 is 1. The smallest absolute Gasteiger partial charge is 0.271 e. The number of aromatic nitrogens is 2. The highest BCUT2D eigenvalue weighted by Crippen LogP contribution is 2.32. The molecule has 1 aliphatic heterocycles. The Morgan fingerprint density at radius 2 is 1.93 bits per heavy atom. The first-order chi connectivity index (χ1) is 13.6. The second kappa shape index (κ2) is 7.40. The van der Waals surface area contributed by atoms with E-state index < -0.39 is 0 Å². The number of amides is 1.